The summed E-state index contributed by atoms with van der Waals surface area (Å²) in [5.74, 6) is 0.138. The third-order valence-corrected chi connectivity index (χ3v) is 4.78. The van der Waals surface area contributed by atoms with Crippen molar-refractivity contribution in [3.63, 3.8) is 0 Å². The minimum Gasteiger partial charge on any atom is -0.481 e. The second-order valence-electron chi connectivity index (χ2n) is 5.94. The van der Waals surface area contributed by atoms with Crippen molar-refractivity contribution in [1.29, 1.82) is 0 Å². The number of fused-ring (bicyclic) bond motifs is 1. The summed E-state index contributed by atoms with van der Waals surface area (Å²) in [5, 5.41) is 0.437. The third kappa shape index (κ3) is 4.45. The van der Waals surface area contributed by atoms with Gasteiger partial charge >= 0.3 is 0 Å². The Morgan fingerprint density at radius 1 is 1.26 bits per heavy atom. The van der Waals surface area contributed by atoms with Gasteiger partial charge in [-0.3, -0.25) is 15.0 Å². The van der Waals surface area contributed by atoms with Gasteiger partial charge in [-0.05, 0) is 55.0 Å². The summed E-state index contributed by atoms with van der Waals surface area (Å²) in [5.41, 5.74) is 2.81. The molecule has 6 nitrogen and oxygen atoms in total. The van der Waals surface area contributed by atoms with Gasteiger partial charge in [0, 0.05) is 4.47 Å². The SMILES string of the molecule is CCC[C@H](Oc1ccc(Br)cc1)C(=O)Nn1c(=S)[nH]c2ccccc2c1=O. The molecule has 1 aromatic heterocycles. The number of aromatic nitrogens is 2. The van der Waals surface area contributed by atoms with Crippen LogP contribution < -0.4 is 15.7 Å². The smallest absolute Gasteiger partial charge is 0.281 e. The maximum atomic E-state index is 12.7. The average molecular weight is 448 g/mol. The molecule has 140 valence electrons. The lowest BCUT2D eigenvalue weighted by molar-refractivity contribution is -0.124. The maximum absolute atomic E-state index is 12.7. The summed E-state index contributed by atoms with van der Waals surface area (Å²) in [4.78, 5) is 28.4. The molecule has 3 rings (SSSR count). The van der Waals surface area contributed by atoms with Crippen molar-refractivity contribution in [3.8, 4) is 5.75 Å². The standard InChI is InChI=1S/C19H18BrN3O3S/c1-2-5-16(26-13-10-8-12(20)9-11-13)17(24)22-23-18(25)14-6-3-4-7-15(14)21-19(23)27/h3-4,6-11,16H,2,5H2,1H3,(H,21,27)(H,22,24)/t16-/m0/s1. The van der Waals surface area contributed by atoms with Crippen LogP contribution in [0.5, 0.6) is 5.75 Å². The fourth-order valence-corrected chi connectivity index (χ4v) is 3.13. The molecule has 0 saturated heterocycles. The summed E-state index contributed by atoms with van der Waals surface area (Å²) in [7, 11) is 0. The van der Waals surface area contributed by atoms with Gasteiger partial charge in [0.05, 0.1) is 10.9 Å². The van der Waals surface area contributed by atoms with Crippen LogP contribution in [0.25, 0.3) is 10.9 Å². The Kier molecular flexibility index (Phi) is 6.08. The van der Waals surface area contributed by atoms with E-state index in [0.717, 1.165) is 15.6 Å². The molecule has 1 heterocycles. The predicted molar refractivity (Wildman–Crippen MR) is 111 cm³/mol. The van der Waals surface area contributed by atoms with Gasteiger partial charge in [0.15, 0.2) is 10.9 Å². The summed E-state index contributed by atoms with van der Waals surface area (Å²) < 4.78 is 7.90. The zero-order valence-electron chi connectivity index (χ0n) is 14.6. The number of carbonyl (C=O) groups excluding carboxylic acids is 1. The second-order valence-corrected chi connectivity index (χ2v) is 7.24. The molecule has 1 atom stereocenters. The third-order valence-electron chi connectivity index (χ3n) is 3.96. The van der Waals surface area contributed by atoms with Gasteiger partial charge in [-0.1, -0.05) is 41.4 Å². The molecule has 0 radical (unpaired) electrons. The number of benzene rings is 2. The Hall–Kier alpha value is -2.45. The molecule has 0 unspecified atom stereocenters. The highest BCUT2D eigenvalue weighted by molar-refractivity contribution is 9.10. The molecule has 27 heavy (non-hydrogen) atoms. The first-order chi connectivity index (χ1) is 13.0. The Labute approximate surface area is 169 Å². The number of para-hydroxylation sites is 1. The lowest BCUT2D eigenvalue weighted by atomic mass is 10.2. The number of aromatic amines is 1. The Morgan fingerprint density at radius 3 is 2.67 bits per heavy atom. The van der Waals surface area contributed by atoms with Crippen molar-refractivity contribution in [3.05, 3.63) is 68.1 Å². The molecular formula is C19H18BrN3O3S. The predicted octanol–water partition coefficient (Wildman–Crippen LogP) is 4.14. The van der Waals surface area contributed by atoms with Crippen molar-refractivity contribution >= 4 is 45.0 Å². The van der Waals surface area contributed by atoms with Gasteiger partial charge in [-0.25, -0.2) is 0 Å². The first-order valence-electron chi connectivity index (χ1n) is 8.46. The zero-order valence-corrected chi connectivity index (χ0v) is 17.0. The summed E-state index contributed by atoms with van der Waals surface area (Å²) in [6, 6.07) is 14.2. The summed E-state index contributed by atoms with van der Waals surface area (Å²) >= 11 is 8.59. The van der Waals surface area contributed by atoms with Crippen molar-refractivity contribution in [2.75, 3.05) is 5.43 Å². The molecule has 3 aromatic rings. The molecule has 0 saturated carbocycles. The van der Waals surface area contributed by atoms with E-state index in [1.807, 2.05) is 19.1 Å². The minimum absolute atomic E-state index is 0.117. The summed E-state index contributed by atoms with van der Waals surface area (Å²) in [6.45, 7) is 1.96. The molecule has 0 bridgehead atoms. The van der Waals surface area contributed by atoms with Crippen molar-refractivity contribution < 1.29 is 9.53 Å². The number of nitrogens with one attached hydrogen (secondary N) is 2. The van der Waals surface area contributed by atoms with Crippen LogP contribution in [-0.2, 0) is 4.79 Å². The highest BCUT2D eigenvalue weighted by atomic mass is 79.9. The molecule has 2 aromatic carbocycles. The number of ether oxygens (including phenoxy) is 1. The lowest BCUT2D eigenvalue weighted by Crippen LogP contribution is -2.41. The van der Waals surface area contributed by atoms with Crippen molar-refractivity contribution in [2.45, 2.75) is 25.9 Å². The van der Waals surface area contributed by atoms with Gasteiger partial charge < -0.3 is 9.72 Å². The Balaban J connectivity index is 1.87. The van der Waals surface area contributed by atoms with E-state index in [9.17, 15) is 9.59 Å². The van der Waals surface area contributed by atoms with E-state index in [1.165, 1.54) is 0 Å². The fourth-order valence-electron chi connectivity index (χ4n) is 2.63. The second kappa shape index (κ2) is 8.49. The number of rotatable bonds is 6. The van der Waals surface area contributed by atoms with Crippen LogP contribution in [-0.4, -0.2) is 21.7 Å². The van der Waals surface area contributed by atoms with Crippen LogP contribution in [0.1, 0.15) is 19.8 Å². The van der Waals surface area contributed by atoms with Crippen LogP contribution in [0, 0.1) is 4.77 Å². The average Bonchev–Trinajstić information content (AvgIpc) is 2.66. The monoisotopic (exact) mass is 447 g/mol. The molecule has 0 aliphatic rings. The van der Waals surface area contributed by atoms with Gasteiger partial charge in [0.1, 0.15) is 5.75 Å². The van der Waals surface area contributed by atoms with Crippen LogP contribution in [0.2, 0.25) is 0 Å². The zero-order chi connectivity index (χ0) is 19.4. The first kappa shape index (κ1) is 19.3. The minimum atomic E-state index is -0.746. The van der Waals surface area contributed by atoms with Crippen molar-refractivity contribution in [1.82, 2.24) is 9.66 Å². The number of nitrogens with zero attached hydrogens (tertiary/aromatic N) is 1. The first-order valence-corrected chi connectivity index (χ1v) is 9.67. The molecule has 2 N–H and O–H groups in total. The normalized spacial score (nSPS) is 11.9. The molecule has 1 amide bonds. The fraction of sp³-hybridized carbons (Fsp3) is 0.211. The number of hydrogen-bond donors (Lipinski definition) is 2. The van der Waals surface area contributed by atoms with E-state index in [1.54, 1.807) is 36.4 Å². The molecule has 0 spiro atoms. The molecule has 0 aliphatic carbocycles. The number of halogens is 1. The van der Waals surface area contributed by atoms with Gasteiger partial charge in [-0.15, -0.1) is 0 Å². The van der Waals surface area contributed by atoms with E-state index >= 15 is 0 Å². The Bertz CT molecular complexity index is 1080. The van der Waals surface area contributed by atoms with Gasteiger partial charge in [0.2, 0.25) is 0 Å². The molecule has 0 aliphatic heterocycles. The molecule has 0 fully saturated rings. The number of amides is 1. The Morgan fingerprint density at radius 2 is 1.96 bits per heavy atom. The van der Waals surface area contributed by atoms with E-state index in [2.05, 4.69) is 26.3 Å². The van der Waals surface area contributed by atoms with Gasteiger partial charge in [0.25, 0.3) is 11.5 Å². The van der Waals surface area contributed by atoms with Gasteiger partial charge in [-0.2, -0.15) is 4.68 Å². The van der Waals surface area contributed by atoms with Crippen LogP contribution >= 0.6 is 28.1 Å². The number of carbonyl (C=O) groups is 1. The van der Waals surface area contributed by atoms with Crippen LogP contribution in [0.15, 0.2) is 57.8 Å². The van der Waals surface area contributed by atoms with Crippen LogP contribution in [0.3, 0.4) is 0 Å². The number of H-pyrrole nitrogens is 1. The molecule has 8 heteroatoms. The van der Waals surface area contributed by atoms with Crippen molar-refractivity contribution in [2.24, 2.45) is 0 Å². The topological polar surface area (TPSA) is 76.1 Å². The largest absolute Gasteiger partial charge is 0.481 e. The number of hydrogen-bond acceptors (Lipinski definition) is 4. The molecular weight excluding hydrogens is 430 g/mol. The quantitative estimate of drug-likeness (QED) is 0.556. The van der Waals surface area contributed by atoms with E-state index in [-0.39, 0.29) is 10.3 Å². The summed E-state index contributed by atoms with van der Waals surface area (Å²) in [6.07, 6.45) is 0.498. The lowest BCUT2D eigenvalue weighted by Gasteiger charge is -2.19. The maximum Gasteiger partial charge on any atom is 0.281 e. The van der Waals surface area contributed by atoms with E-state index in [4.69, 9.17) is 17.0 Å². The highest BCUT2D eigenvalue weighted by Crippen LogP contribution is 2.18. The van der Waals surface area contributed by atoms with Crippen LogP contribution in [0.4, 0.5) is 0 Å². The van der Waals surface area contributed by atoms with E-state index in [0.29, 0.717) is 23.1 Å². The highest BCUT2D eigenvalue weighted by Gasteiger charge is 2.21. The van der Waals surface area contributed by atoms with E-state index < -0.39 is 12.0 Å².